The molecule has 3 aromatic rings. The number of aromatic hydroxyl groups is 1. The van der Waals surface area contributed by atoms with Gasteiger partial charge in [0, 0.05) is 5.39 Å². The number of fused-ring (bicyclic) bond motifs is 1. The summed E-state index contributed by atoms with van der Waals surface area (Å²) < 4.78 is 7.44. The Kier molecular flexibility index (Phi) is 4.25. The molecule has 1 N–H and O–H groups in total. The van der Waals surface area contributed by atoms with Crippen molar-refractivity contribution in [3.05, 3.63) is 58.0 Å². The number of hydrogen-bond acceptors (Lipinski definition) is 4. The zero-order valence-electron chi connectivity index (χ0n) is 14.0. The number of ether oxygens (including phenoxy) is 1. The van der Waals surface area contributed by atoms with Crippen molar-refractivity contribution in [2.75, 3.05) is 6.61 Å². The molecular formula is C19H20N2O3. The second-order valence-corrected chi connectivity index (χ2v) is 5.98. The SMILES string of the molecule is Cc1ccc(OCCn2c(O)c(N=O)c3ccc(C)c(C)c32)cc1. The van der Waals surface area contributed by atoms with Gasteiger partial charge in [0.05, 0.1) is 12.1 Å². The van der Waals surface area contributed by atoms with Crippen LogP contribution in [-0.4, -0.2) is 16.3 Å². The molecule has 5 nitrogen and oxygen atoms in total. The van der Waals surface area contributed by atoms with Crippen LogP contribution in [0.2, 0.25) is 0 Å². The molecule has 0 aliphatic rings. The van der Waals surface area contributed by atoms with Crippen molar-refractivity contribution in [2.24, 2.45) is 5.18 Å². The van der Waals surface area contributed by atoms with E-state index in [4.69, 9.17) is 4.74 Å². The van der Waals surface area contributed by atoms with E-state index in [0.717, 1.165) is 22.4 Å². The van der Waals surface area contributed by atoms with Crippen molar-refractivity contribution in [3.63, 3.8) is 0 Å². The van der Waals surface area contributed by atoms with Crippen molar-refractivity contribution >= 4 is 16.6 Å². The fourth-order valence-corrected chi connectivity index (χ4v) is 2.89. The maximum atomic E-state index is 11.1. The molecule has 0 unspecified atom stereocenters. The number of aryl methyl sites for hydroxylation is 3. The van der Waals surface area contributed by atoms with Gasteiger partial charge >= 0.3 is 0 Å². The molecule has 1 aromatic heterocycles. The summed E-state index contributed by atoms with van der Waals surface area (Å²) in [6.45, 7) is 6.80. The molecule has 5 heteroatoms. The summed E-state index contributed by atoms with van der Waals surface area (Å²) in [5.41, 5.74) is 4.20. The normalized spacial score (nSPS) is 11.0. The van der Waals surface area contributed by atoms with Crippen molar-refractivity contribution in [1.29, 1.82) is 0 Å². The average molecular weight is 324 g/mol. The van der Waals surface area contributed by atoms with Crippen molar-refractivity contribution in [1.82, 2.24) is 4.57 Å². The molecule has 0 aliphatic carbocycles. The minimum absolute atomic E-state index is 0.0865. The van der Waals surface area contributed by atoms with Gasteiger partial charge in [0.25, 0.3) is 0 Å². The summed E-state index contributed by atoms with van der Waals surface area (Å²) in [6.07, 6.45) is 0. The van der Waals surface area contributed by atoms with Crippen LogP contribution in [0, 0.1) is 25.7 Å². The highest BCUT2D eigenvalue weighted by atomic mass is 16.5. The van der Waals surface area contributed by atoms with Gasteiger partial charge in [-0.3, -0.25) is 0 Å². The highest BCUT2D eigenvalue weighted by Crippen LogP contribution is 2.40. The Morgan fingerprint density at radius 1 is 1.08 bits per heavy atom. The van der Waals surface area contributed by atoms with Gasteiger partial charge in [-0.1, -0.05) is 29.8 Å². The van der Waals surface area contributed by atoms with Crippen LogP contribution in [-0.2, 0) is 6.54 Å². The zero-order chi connectivity index (χ0) is 17.3. The summed E-state index contributed by atoms with van der Waals surface area (Å²) in [7, 11) is 0. The van der Waals surface area contributed by atoms with Crippen LogP contribution in [0.1, 0.15) is 16.7 Å². The minimum Gasteiger partial charge on any atom is -0.493 e. The first kappa shape index (κ1) is 16.1. The van der Waals surface area contributed by atoms with Crippen molar-refractivity contribution in [2.45, 2.75) is 27.3 Å². The quantitative estimate of drug-likeness (QED) is 0.689. The summed E-state index contributed by atoms with van der Waals surface area (Å²) in [5, 5.41) is 14.0. The second-order valence-electron chi connectivity index (χ2n) is 5.98. The van der Waals surface area contributed by atoms with Gasteiger partial charge in [0.15, 0.2) is 5.69 Å². The number of benzene rings is 2. The van der Waals surface area contributed by atoms with Gasteiger partial charge in [-0.2, -0.15) is 0 Å². The molecule has 0 fully saturated rings. The van der Waals surface area contributed by atoms with Crippen LogP contribution in [0.25, 0.3) is 10.9 Å². The minimum atomic E-state index is -0.110. The number of nitroso groups, excluding NO2 is 1. The molecule has 0 saturated carbocycles. The highest BCUT2D eigenvalue weighted by Gasteiger charge is 2.19. The summed E-state index contributed by atoms with van der Waals surface area (Å²) in [6, 6.07) is 11.6. The third kappa shape index (κ3) is 2.73. The maximum Gasteiger partial charge on any atom is 0.222 e. The lowest BCUT2D eigenvalue weighted by molar-refractivity contribution is 0.290. The molecule has 2 aromatic carbocycles. The van der Waals surface area contributed by atoms with Crippen LogP contribution in [0.3, 0.4) is 0 Å². The molecule has 1 heterocycles. The van der Waals surface area contributed by atoms with E-state index in [1.807, 2.05) is 57.2 Å². The van der Waals surface area contributed by atoms with E-state index in [-0.39, 0.29) is 11.6 Å². The molecule has 0 aliphatic heterocycles. The van der Waals surface area contributed by atoms with Gasteiger partial charge < -0.3 is 14.4 Å². The number of nitrogens with zero attached hydrogens (tertiary/aromatic N) is 2. The maximum absolute atomic E-state index is 11.1. The van der Waals surface area contributed by atoms with Gasteiger partial charge in [0.1, 0.15) is 12.4 Å². The van der Waals surface area contributed by atoms with Gasteiger partial charge in [-0.25, -0.2) is 0 Å². The molecule has 124 valence electrons. The van der Waals surface area contributed by atoms with E-state index in [1.165, 1.54) is 5.56 Å². The first-order chi connectivity index (χ1) is 11.5. The average Bonchev–Trinajstić information content (AvgIpc) is 2.85. The fraction of sp³-hybridized carbons (Fsp3) is 0.263. The summed E-state index contributed by atoms with van der Waals surface area (Å²) >= 11 is 0. The van der Waals surface area contributed by atoms with Crippen LogP contribution in [0.15, 0.2) is 41.6 Å². The molecule has 0 atom stereocenters. The summed E-state index contributed by atoms with van der Waals surface area (Å²) in [5.74, 6) is 0.666. The van der Waals surface area contributed by atoms with E-state index in [1.54, 1.807) is 4.57 Å². The standard InChI is InChI=1S/C19H20N2O3/c1-12-4-7-15(8-5-12)24-11-10-21-18-14(3)13(2)6-9-16(18)17(20-23)19(21)22/h4-9,22H,10-11H2,1-3H3. The third-order valence-corrected chi connectivity index (χ3v) is 4.39. The van der Waals surface area contributed by atoms with Crippen molar-refractivity contribution < 1.29 is 9.84 Å². The molecule has 0 radical (unpaired) electrons. The molecule has 24 heavy (non-hydrogen) atoms. The Labute approximate surface area is 140 Å². The lowest BCUT2D eigenvalue weighted by Crippen LogP contribution is -2.08. The fourth-order valence-electron chi connectivity index (χ4n) is 2.89. The predicted octanol–water partition coefficient (Wildman–Crippen LogP) is 4.75. The van der Waals surface area contributed by atoms with Crippen LogP contribution >= 0.6 is 0 Å². The van der Waals surface area contributed by atoms with E-state index in [2.05, 4.69) is 5.18 Å². The molecular weight excluding hydrogens is 304 g/mol. The Morgan fingerprint density at radius 2 is 1.79 bits per heavy atom. The van der Waals surface area contributed by atoms with Crippen molar-refractivity contribution in [3.8, 4) is 11.6 Å². The second kappa shape index (κ2) is 6.35. The lowest BCUT2D eigenvalue weighted by atomic mass is 10.1. The molecule has 0 amide bonds. The van der Waals surface area contributed by atoms with Gasteiger partial charge in [-0.15, -0.1) is 4.91 Å². The first-order valence-corrected chi connectivity index (χ1v) is 7.87. The Morgan fingerprint density at radius 3 is 2.46 bits per heavy atom. The van der Waals surface area contributed by atoms with Crippen LogP contribution in [0.4, 0.5) is 5.69 Å². The number of hydrogen-bond donors (Lipinski definition) is 1. The van der Waals surface area contributed by atoms with Crippen LogP contribution in [0.5, 0.6) is 11.6 Å². The molecule has 0 saturated heterocycles. The van der Waals surface area contributed by atoms with E-state index < -0.39 is 0 Å². The predicted molar refractivity (Wildman–Crippen MR) is 95.2 cm³/mol. The Bertz CT molecular complexity index is 895. The van der Waals surface area contributed by atoms with Gasteiger partial charge in [0.2, 0.25) is 5.88 Å². The Hall–Kier alpha value is -2.82. The largest absolute Gasteiger partial charge is 0.493 e. The molecule has 3 rings (SSSR count). The Balaban J connectivity index is 1.91. The highest BCUT2D eigenvalue weighted by molar-refractivity contribution is 5.97. The van der Waals surface area contributed by atoms with E-state index >= 15 is 0 Å². The number of rotatable bonds is 5. The smallest absolute Gasteiger partial charge is 0.222 e. The zero-order valence-corrected chi connectivity index (χ0v) is 14.0. The van der Waals surface area contributed by atoms with E-state index in [0.29, 0.717) is 18.5 Å². The summed E-state index contributed by atoms with van der Waals surface area (Å²) in [4.78, 5) is 11.1. The number of aromatic nitrogens is 1. The first-order valence-electron chi connectivity index (χ1n) is 7.87. The molecule has 0 bridgehead atoms. The van der Waals surface area contributed by atoms with Crippen LogP contribution < -0.4 is 4.74 Å². The monoisotopic (exact) mass is 324 g/mol. The van der Waals surface area contributed by atoms with Gasteiger partial charge in [-0.05, 0) is 49.2 Å². The third-order valence-electron chi connectivity index (χ3n) is 4.39. The molecule has 0 spiro atoms. The van der Waals surface area contributed by atoms with E-state index in [9.17, 15) is 10.0 Å². The lowest BCUT2D eigenvalue weighted by Gasteiger charge is -2.11. The topological polar surface area (TPSA) is 63.8 Å².